The van der Waals surface area contributed by atoms with Crippen LogP contribution in [0.2, 0.25) is 0 Å². The number of ether oxygens (including phenoxy) is 1. The summed E-state index contributed by atoms with van der Waals surface area (Å²) < 4.78 is 26.4. The molecule has 0 saturated carbocycles. The van der Waals surface area contributed by atoms with Crippen LogP contribution in [0.1, 0.15) is 85.5 Å². The van der Waals surface area contributed by atoms with Gasteiger partial charge in [0, 0.05) is 66.3 Å². The molecule has 0 bridgehead atoms. The van der Waals surface area contributed by atoms with E-state index in [0.29, 0.717) is 49.4 Å². The molecule has 9 N–H and O–H groups in total. The molecule has 3 heterocycles. The first-order valence-electron chi connectivity index (χ1n) is 20.5. The zero-order valence-corrected chi connectivity index (χ0v) is 35.8. The number of aromatic nitrogens is 1. The van der Waals surface area contributed by atoms with Crippen molar-refractivity contribution in [3.05, 3.63) is 89.2 Å². The summed E-state index contributed by atoms with van der Waals surface area (Å²) in [7, 11) is 0.486. The number of carbonyl (C=O) groups is 4. The predicted molar refractivity (Wildman–Crippen MR) is 236 cm³/mol. The average Bonchev–Trinajstić information content (AvgIpc) is 3.67. The van der Waals surface area contributed by atoms with Crippen LogP contribution in [0.15, 0.2) is 71.1 Å². The Balaban J connectivity index is 1.02. The fourth-order valence-electron chi connectivity index (χ4n) is 8.13. The van der Waals surface area contributed by atoms with Gasteiger partial charge in [0.25, 0.3) is 11.6 Å². The average molecular weight is 871 g/mol. The van der Waals surface area contributed by atoms with E-state index >= 15 is 0 Å². The molecule has 0 radical (unpaired) electrons. The van der Waals surface area contributed by atoms with Crippen LogP contribution in [-0.4, -0.2) is 98.0 Å². The monoisotopic (exact) mass is 870 g/mol. The second-order valence-corrected chi connectivity index (χ2v) is 17.5. The minimum Gasteiger partial charge on any atom is -0.479 e. The Morgan fingerprint density at radius 3 is 2.56 bits per heavy atom. The Hall–Kier alpha value is -6.11. The number of aliphatic carboxylic acids is 1. The van der Waals surface area contributed by atoms with Crippen LogP contribution >= 0.6 is 0 Å². The zero-order valence-electron chi connectivity index (χ0n) is 35.0. The van der Waals surface area contributed by atoms with Gasteiger partial charge >= 0.3 is 11.9 Å². The molecule has 3 aromatic carbocycles. The summed E-state index contributed by atoms with van der Waals surface area (Å²) in [5.41, 5.74) is 11.4. The number of hydrogen-bond acceptors (Lipinski definition) is 13. The van der Waals surface area contributed by atoms with E-state index in [4.69, 9.17) is 25.4 Å². The lowest BCUT2D eigenvalue weighted by molar-refractivity contribution is -0.139. The number of oxazole rings is 1. The number of nitrogens with one attached hydrogen (secondary N) is 5. The van der Waals surface area contributed by atoms with Gasteiger partial charge in [0.05, 0.1) is 28.4 Å². The Kier molecular flexibility index (Phi) is 14.8. The van der Waals surface area contributed by atoms with Crippen molar-refractivity contribution in [3.8, 4) is 17.3 Å². The highest BCUT2D eigenvalue weighted by atomic mass is 32.2. The highest BCUT2D eigenvalue weighted by Crippen LogP contribution is 2.34. The second-order valence-electron chi connectivity index (χ2n) is 16.1. The Bertz CT molecular complexity index is 2330. The maximum Gasteiger partial charge on any atom is 0.377 e. The number of nitrogens with zero attached hydrogens (tertiary/aromatic N) is 2. The molecule has 4 unspecified atom stereocenters. The Morgan fingerprint density at radius 2 is 1.85 bits per heavy atom. The van der Waals surface area contributed by atoms with Gasteiger partial charge in [0.1, 0.15) is 0 Å². The molecule has 62 heavy (non-hydrogen) atoms. The van der Waals surface area contributed by atoms with Crippen LogP contribution < -0.4 is 31.7 Å². The summed E-state index contributed by atoms with van der Waals surface area (Å²) in [5.74, 6) is -4.67. The number of carbonyl (C=O) groups excluding carboxylic acids is 2. The lowest BCUT2D eigenvalue weighted by atomic mass is 9.86. The Labute approximate surface area is 362 Å². The molecule has 1 aromatic heterocycles. The third kappa shape index (κ3) is 11.2. The number of carboxylic acids is 2. The van der Waals surface area contributed by atoms with Crippen molar-refractivity contribution < 1.29 is 42.8 Å². The molecular formula is C44H54N8O9S. The topological polar surface area (TPSA) is 262 Å². The van der Waals surface area contributed by atoms with Crippen molar-refractivity contribution in [2.75, 3.05) is 49.2 Å². The molecule has 6 rings (SSSR count). The molecule has 4 atom stereocenters. The number of nitrogens with two attached hydrogens (primary N) is 1. The number of hydrogen-bond donors (Lipinski definition) is 8. The molecule has 0 spiro atoms. The van der Waals surface area contributed by atoms with Crippen molar-refractivity contribution in [1.29, 1.82) is 5.41 Å². The van der Waals surface area contributed by atoms with Crippen molar-refractivity contribution in [2.45, 2.75) is 75.6 Å². The van der Waals surface area contributed by atoms with Crippen LogP contribution in [0, 0.1) is 11.3 Å². The van der Waals surface area contributed by atoms with Crippen molar-refractivity contribution in [2.24, 2.45) is 11.7 Å². The van der Waals surface area contributed by atoms with Crippen LogP contribution in [0.3, 0.4) is 0 Å². The molecule has 2 aliphatic rings. The molecule has 330 valence electrons. The molecule has 2 saturated heterocycles. The summed E-state index contributed by atoms with van der Waals surface area (Å²) in [4.78, 5) is 50.8. The fourth-order valence-corrected chi connectivity index (χ4v) is 9.68. The molecule has 2 fully saturated rings. The molecule has 2 aliphatic heterocycles. The van der Waals surface area contributed by atoms with Crippen LogP contribution in [-0.2, 0) is 31.1 Å². The third-order valence-corrected chi connectivity index (χ3v) is 12.9. The summed E-state index contributed by atoms with van der Waals surface area (Å²) in [6.07, 6.45) is 3.49. The van der Waals surface area contributed by atoms with Crippen molar-refractivity contribution in [3.63, 3.8) is 0 Å². The molecule has 17 nitrogen and oxygen atoms in total. The number of benzene rings is 3. The van der Waals surface area contributed by atoms with Crippen molar-refractivity contribution >= 4 is 57.5 Å². The van der Waals surface area contributed by atoms with Crippen LogP contribution in [0.25, 0.3) is 11.5 Å². The first-order chi connectivity index (χ1) is 29.6. The maximum atomic E-state index is 13.9. The van der Waals surface area contributed by atoms with Gasteiger partial charge in [-0.25, -0.2) is 18.1 Å². The Morgan fingerprint density at radius 1 is 1.08 bits per heavy atom. The first kappa shape index (κ1) is 45.4. The summed E-state index contributed by atoms with van der Waals surface area (Å²) in [5, 5.41) is 39.8. The number of amides is 2. The highest BCUT2D eigenvalue weighted by Gasteiger charge is 2.38. The van der Waals surface area contributed by atoms with E-state index in [0.717, 1.165) is 47.5 Å². The number of rotatable bonds is 20. The number of piperidine rings is 2. The lowest BCUT2D eigenvalue weighted by Crippen LogP contribution is -2.53. The first-order valence-corrected chi connectivity index (χ1v) is 21.8. The quantitative estimate of drug-likeness (QED) is 0.0408. The maximum absolute atomic E-state index is 13.9. The van der Waals surface area contributed by atoms with Gasteiger partial charge in [-0.15, -0.1) is 0 Å². The van der Waals surface area contributed by atoms with E-state index in [-0.39, 0.29) is 35.9 Å². The van der Waals surface area contributed by atoms with Gasteiger partial charge in [0.15, 0.2) is 6.61 Å². The minimum absolute atomic E-state index is 0.0222. The van der Waals surface area contributed by atoms with Crippen LogP contribution in [0.4, 0.5) is 17.1 Å². The summed E-state index contributed by atoms with van der Waals surface area (Å²) in [6, 6.07) is 21.0. The van der Waals surface area contributed by atoms with E-state index < -0.39 is 58.5 Å². The largest absolute Gasteiger partial charge is 0.479 e. The second kappa shape index (κ2) is 20.2. The third-order valence-electron chi connectivity index (χ3n) is 11.2. The van der Waals surface area contributed by atoms with E-state index in [2.05, 4.69) is 44.4 Å². The van der Waals surface area contributed by atoms with E-state index in [9.17, 15) is 28.5 Å². The van der Waals surface area contributed by atoms with Gasteiger partial charge in [-0.1, -0.05) is 30.3 Å². The van der Waals surface area contributed by atoms with Gasteiger partial charge < -0.3 is 46.5 Å². The van der Waals surface area contributed by atoms with E-state index in [1.807, 2.05) is 48.5 Å². The number of aromatic carboxylic acids is 1. The van der Waals surface area contributed by atoms with Crippen molar-refractivity contribution in [1.82, 2.24) is 14.6 Å². The van der Waals surface area contributed by atoms with E-state index in [1.165, 1.54) is 0 Å². The minimum atomic E-state index is -1.43. The number of carboxylic acid groups (broad SMARTS) is 2. The van der Waals surface area contributed by atoms with Gasteiger partial charge in [-0.3, -0.25) is 14.9 Å². The highest BCUT2D eigenvalue weighted by molar-refractivity contribution is 7.81. The SMILES string of the molecule is CNc1cc(C(CCN)CCNc2cccc(CS(=O)N3CCC(Nc4cccc(-c5nc(OCC(=O)O)c(C(=O)O)o5)c4)CC3(C)C)c2)ccc1C(=N)C1CCC(=O)NC1=O. The predicted octanol–water partition coefficient (Wildman–Crippen LogP) is 5.42. The molecule has 4 aromatic rings. The summed E-state index contributed by atoms with van der Waals surface area (Å²) >= 11 is 0. The summed E-state index contributed by atoms with van der Waals surface area (Å²) in [6.45, 7) is 5.16. The van der Waals surface area contributed by atoms with E-state index in [1.54, 1.807) is 25.2 Å². The van der Waals surface area contributed by atoms with Gasteiger partial charge in [-0.2, -0.15) is 4.98 Å². The fraction of sp³-hybridized carbons (Fsp3) is 0.409. The van der Waals surface area contributed by atoms with Gasteiger partial charge in [0.2, 0.25) is 17.7 Å². The molecule has 2 amide bonds. The molecular weight excluding hydrogens is 817 g/mol. The standard InChI is InChI=1S/C44H54N8O9S/c1-44(2)23-32(49-31-9-5-7-29(21-31)41-51-42(60-24-37(54)55)39(61-41)43(57)58)16-19-52(44)62(59)25-26-6-4-8-30(20-26)48-18-15-27(14-17-45)28-10-11-33(35(22-28)47-3)38(46)34-12-13-36(53)50-40(34)56/h4-11,20-22,27,32,34,46-49H,12-19,23-25,45H2,1-3H3,(H,54,55)(H,57,58)(H,50,53,56). The van der Waals surface area contributed by atoms with Crippen LogP contribution in [0.5, 0.6) is 5.88 Å². The lowest BCUT2D eigenvalue weighted by Gasteiger charge is -2.44. The van der Waals surface area contributed by atoms with Gasteiger partial charge in [-0.05, 0) is 106 Å². The molecule has 18 heteroatoms. The molecule has 0 aliphatic carbocycles. The number of imide groups is 1. The zero-order chi connectivity index (χ0) is 44.6. The normalized spacial score (nSPS) is 18.6. The smallest absolute Gasteiger partial charge is 0.377 e. The number of anilines is 3.